The van der Waals surface area contributed by atoms with Crippen LogP contribution in [0.2, 0.25) is 0 Å². The molecule has 1 atom stereocenters. The third-order valence-corrected chi connectivity index (χ3v) is 7.45. The summed E-state index contributed by atoms with van der Waals surface area (Å²) >= 11 is 0. The number of benzene rings is 1. The summed E-state index contributed by atoms with van der Waals surface area (Å²) in [5, 5.41) is 2.97. The fourth-order valence-corrected chi connectivity index (χ4v) is 5.51. The van der Waals surface area contributed by atoms with E-state index in [1.807, 2.05) is 0 Å². The van der Waals surface area contributed by atoms with Gasteiger partial charge in [0.1, 0.15) is 0 Å². The third kappa shape index (κ3) is 2.67. The molecule has 0 saturated carbocycles. The van der Waals surface area contributed by atoms with Gasteiger partial charge in [-0.3, -0.25) is 0 Å². The van der Waals surface area contributed by atoms with Crippen LogP contribution in [0, 0.1) is 12.8 Å². The van der Waals surface area contributed by atoms with E-state index in [2.05, 4.69) is 46.8 Å². The molecule has 2 rings (SSSR count). The number of hydrogen-bond donors (Lipinski definition) is 0. The molecule has 0 spiro atoms. The van der Waals surface area contributed by atoms with Gasteiger partial charge in [0.2, 0.25) is 0 Å². The Hall–Kier alpha value is -1.48. The van der Waals surface area contributed by atoms with Crippen LogP contribution in [0.15, 0.2) is 34.0 Å². The van der Waals surface area contributed by atoms with Crippen LogP contribution in [-0.2, 0) is 0 Å². The fraction of sp³-hybridized carbons (Fsp3) is 0.444. The lowest BCUT2D eigenvalue weighted by Gasteiger charge is -2.18. The number of methoxy groups -OCH3 is 2. The molecule has 1 unspecified atom stereocenters. The molecule has 0 aliphatic heterocycles. The van der Waals surface area contributed by atoms with Gasteiger partial charge in [0.05, 0.1) is 23.7 Å². The van der Waals surface area contributed by atoms with Crippen LogP contribution in [-0.4, -0.2) is 23.7 Å². The maximum atomic E-state index is 5.66. The minimum absolute atomic E-state index is 0.547. The average Bonchev–Trinajstić information content (AvgIpc) is 2.66. The summed E-state index contributed by atoms with van der Waals surface area (Å²) in [5.41, 5.74) is 5.62. The van der Waals surface area contributed by atoms with Crippen LogP contribution in [0.25, 0.3) is 0 Å². The highest BCUT2D eigenvalue weighted by Crippen LogP contribution is 2.37. The molecule has 0 aromatic heterocycles. The topological polar surface area (TPSA) is 18.5 Å². The van der Waals surface area contributed by atoms with Gasteiger partial charge in [0.15, 0.2) is 11.5 Å². The molecule has 0 fully saturated rings. The van der Waals surface area contributed by atoms with Crippen molar-refractivity contribution >= 4 is 14.7 Å². The van der Waals surface area contributed by atoms with Crippen LogP contribution in [0.4, 0.5) is 0 Å². The molecule has 0 radical (unpaired) electrons. The molecule has 1 aliphatic rings. The first-order chi connectivity index (χ1) is 9.92. The van der Waals surface area contributed by atoms with E-state index in [0.717, 1.165) is 17.1 Å². The molecule has 0 heterocycles. The normalized spacial score (nSPS) is 19.1. The van der Waals surface area contributed by atoms with Gasteiger partial charge < -0.3 is 9.47 Å². The fourth-order valence-electron chi connectivity index (χ4n) is 3.26. The van der Waals surface area contributed by atoms with Crippen molar-refractivity contribution in [2.45, 2.75) is 34.6 Å². The highest BCUT2D eigenvalue weighted by atomic mass is 28.2. The second-order valence-electron chi connectivity index (χ2n) is 5.96. The summed E-state index contributed by atoms with van der Waals surface area (Å²) in [6.45, 7) is 11.2. The molecule has 3 heteroatoms. The van der Waals surface area contributed by atoms with E-state index < -0.39 is 9.52 Å². The predicted octanol–water partition coefficient (Wildman–Crippen LogP) is 3.07. The van der Waals surface area contributed by atoms with Crippen LogP contribution < -0.4 is 14.7 Å². The zero-order chi connectivity index (χ0) is 15.7. The second kappa shape index (κ2) is 6.10. The van der Waals surface area contributed by atoms with Gasteiger partial charge in [-0.1, -0.05) is 35.4 Å². The van der Waals surface area contributed by atoms with Crippen LogP contribution in [0.1, 0.15) is 33.3 Å². The molecule has 114 valence electrons. The van der Waals surface area contributed by atoms with E-state index in [4.69, 9.17) is 9.47 Å². The maximum Gasteiger partial charge on any atom is 0.163 e. The maximum absolute atomic E-state index is 5.66. The Morgan fingerprint density at radius 2 is 1.52 bits per heavy atom. The summed E-state index contributed by atoms with van der Waals surface area (Å²) in [6.07, 6.45) is 0. The zero-order valence-corrected chi connectivity index (χ0v) is 15.7. The third-order valence-electron chi connectivity index (χ3n) is 4.99. The smallest absolute Gasteiger partial charge is 0.163 e. The van der Waals surface area contributed by atoms with Crippen molar-refractivity contribution in [2.75, 3.05) is 14.2 Å². The molecule has 21 heavy (non-hydrogen) atoms. The van der Waals surface area contributed by atoms with Gasteiger partial charge in [0, 0.05) is 0 Å². The highest BCUT2D eigenvalue weighted by Gasteiger charge is 2.25. The van der Waals surface area contributed by atoms with Crippen molar-refractivity contribution in [1.82, 2.24) is 0 Å². The molecule has 0 saturated heterocycles. The molecule has 2 nitrogen and oxygen atoms in total. The van der Waals surface area contributed by atoms with Crippen LogP contribution in [0.3, 0.4) is 0 Å². The molecule has 0 bridgehead atoms. The largest absolute Gasteiger partial charge is 0.493 e. The van der Waals surface area contributed by atoms with Gasteiger partial charge in [-0.25, -0.2) is 0 Å². The minimum Gasteiger partial charge on any atom is -0.493 e. The Morgan fingerprint density at radius 1 is 0.905 bits per heavy atom. The van der Waals surface area contributed by atoms with E-state index in [-0.39, 0.29) is 0 Å². The first-order valence-electron chi connectivity index (χ1n) is 7.50. The Labute approximate surface area is 130 Å². The molecule has 0 amide bonds. The molecule has 0 N–H and O–H groups in total. The van der Waals surface area contributed by atoms with Crippen LogP contribution >= 0.6 is 0 Å². The van der Waals surface area contributed by atoms with Crippen molar-refractivity contribution in [3.63, 3.8) is 0 Å². The lowest BCUT2D eigenvalue weighted by atomic mass is 10.1. The summed E-state index contributed by atoms with van der Waals surface area (Å²) in [5.74, 6) is 2.39. The Morgan fingerprint density at radius 3 is 2.00 bits per heavy atom. The van der Waals surface area contributed by atoms with Crippen molar-refractivity contribution in [1.29, 1.82) is 0 Å². The lowest BCUT2D eigenvalue weighted by Crippen LogP contribution is -2.22. The monoisotopic (exact) mass is 302 g/mol. The Bertz CT molecular complexity index is 626. The predicted molar refractivity (Wildman–Crippen MR) is 92.7 cm³/mol. The summed E-state index contributed by atoms with van der Waals surface area (Å²) in [4.78, 5) is 0. The highest BCUT2D eigenvalue weighted by molar-refractivity contribution is 6.62. The van der Waals surface area contributed by atoms with Crippen molar-refractivity contribution in [2.24, 2.45) is 5.92 Å². The Kier molecular flexibility index (Phi) is 4.62. The summed E-state index contributed by atoms with van der Waals surface area (Å²) in [6, 6.07) is 4.37. The van der Waals surface area contributed by atoms with Gasteiger partial charge in [-0.05, 0) is 49.9 Å². The van der Waals surface area contributed by atoms with Gasteiger partial charge >= 0.3 is 0 Å². The second-order valence-corrected chi connectivity index (χ2v) is 7.84. The van der Waals surface area contributed by atoms with E-state index in [1.54, 1.807) is 19.4 Å². The molecular weight excluding hydrogens is 276 g/mol. The number of rotatable bonds is 4. The standard InChI is InChI=1S/C18H26O2Si/c1-10-8-9-15(17(20-7)16(10)19-6)21-18-13(4)11(2)12(3)14(18)5/h8-9,13H,21H2,1-7H3. The number of hydrogen-bond acceptors (Lipinski definition) is 2. The van der Waals surface area contributed by atoms with Gasteiger partial charge in [-0.15, -0.1) is 0 Å². The van der Waals surface area contributed by atoms with Crippen molar-refractivity contribution in [3.05, 3.63) is 39.6 Å². The summed E-state index contributed by atoms with van der Waals surface area (Å²) in [7, 11) is 2.91. The SMILES string of the molecule is COc1c(C)ccc([SiH2]C2=C(C)C(C)=C(C)C2C)c1OC. The molecular formula is C18H26O2Si. The van der Waals surface area contributed by atoms with Gasteiger partial charge in [-0.2, -0.15) is 0 Å². The van der Waals surface area contributed by atoms with E-state index in [1.165, 1.54) is 21.9 Å². The van der Waals surface area contributed by atoms with E-state index in [9.17, 15) is 0 Å². The van der Waals surface area contributed by atoms with E-state index >= 15 is 0 Å². The zero-order valence-electron chi connectivity index (χ0n) is 14.3. The van der Waals surface area contributed by atoms with E-state index in [0.29, 0.717) is 5.92 Å². The van der Waals surface area contributed by atoms with Gasteiger partial charge in [0.25, 0.3) is 0 Å². The lowest BCUT2D eigenvalue weighted by molar-refractivity contribution is 0.355. The molecule has 1 aromatic rings. The van der Waals surface area contributed by atoms with Crippen molar-refractivity contribution in [3.8, 4) is 11.5 Å². The summed E-state index contributed by atoms with van der Waals surface area (Å²) < 4.78 is 11.2. The number of allylic oxidation sites excluding steroid dienone is 4. The molecule has 1 aromatic carbocycles. The average molecular weight is 302 g/mol. The van der Waals surface area contributed by atoms with Crippen LogP contribution in [0.5, 0.6) is 11.5 Å². The first kappa shape index (κ1) is 15.9. The first-order valence-corrected chi connectivity index (χ1v) is 8.91. The van der Waals surface area contributed by atoms with Crippen molar-refractivity contribution < 1.29 is 9.47 Å². The minimum atomic E-state index is -0.547. The number of ether oxygens (including phenoxy) is 2. The molecule has 1 aliphatic carbocycles. The number of aryl methyl sites for hydroxylation is 1. The Balaban J connectivity index is 2.43. The quantitative estimate of drug-likeness (QED) is 0.796.